The SMILES string of the molecule is Nc1c(Cl)cc(NC(=O)c2ccc3c4c(cccc24)CC3)cc1Cl. The van der Waals surface area contributed by atoms with Crippen molar-refractivity contribution in [2.75, 3.05) is 11.1 Å². The molecule has 3 aromatic carbocycles. The van der Waals surface area contributed by atoms with Crippen LogP contribution in [-0.2, 0) is 12.8 Å². The molecule has 0 radical (unpaired) electrons. The minimum atomic E-state index is -0.192. The van der Waals surface area contributed by atoms with Gasteiger partial charge in [-0.15, -0.1) is 0 Å². The molecule has 0 saturated heterocycles. The van der Waals surface area contributed by atoms with Crippen LogP contribution in [0.5, 0.6) is 0 Å². The number of nitrogen functional groups attached to an aromatic ring is 1. The average Bonchev–Trinajstić information content (AvgIpc) is 2.98. The van der Waals surface area contributed by atoms with E-state index in [4.69, 9.17) is 28.9 Å². The number of hydrogen-bond donors (Lipinski definition) is 2. The van der Waals surface area contributed by atoms with Crippen molar-refractivity contribution in [3.63, 3.8) is 0 Å². The fourth-order valence-corrected chi connectivity index (χ4v) is 3.79. The average molecular weight is 357 g/mol. The number of halogens is 2. The van der Waals surface area contributed by atoms with E-state index in [9.17, 15) is 4.79 Å². The summed E-state index contributed by atoms with van der Waals surface area (Å²) in [5.41, 5.74) is 9.80. The van der Waals surface area contributed by atoms with Crippen LogP contribution in [0.3, 0.4) is 0 Å². The van der Waals surface area contributed by atoms with Crippen LogP contribution in [0.25, 0.3) is 10.8 Å². The Morgan fingerprint density at radius 1 is 1.00 bits per heavy atom. The minimum Gasteiger partial charge on any atom is -0.396 e. The third kappa shape index (κ3) is 2.41. The van der Waals surface area contributed by atoms with Gasteiger partial charge >= 0.3 is 0 Å². The van der Waals surface area contributed by atoms with Gasteiger partial charge in [-0.25, -0.2) is 0 Å². The topological polar surface area (TPSA) is 55.1 Å². The molecule has 0 bridgehead atoms. The van der Waals surface area contributed by atoms with E-state index in [0.717, 1.165) is 18.2 Å². The fourth-order valence-electron chi connectivity index (χ4n) is 3.30. The molecule has 4 rings (SSSR count). The van der Waals surface area contributed by atoms with Gasteiger partial charge in [0.1, 0.15) is 0 Å². The maximum atomic E-state index is 12.8. The zero-order valence-electron chi connectivity index (χ0n) is 12.7. The van der Waals surface area contributed by atoms with Gasteiger partial charge < -0.3 is 11.1 Å². The minimum absolute atomic E-state index is 0.192. The lowest BCUT2D eigenvalue weighted by molar-refractivity contribution is 0.102. The molecule has 3 N–H and O–H groups in total. The lowest BCUT2D eigenvalue weighted by Gasteiger charge is -2.11. The smallest absolute Gasteiger partial charge is 0.256 e. The van der Waals surface area contributed by atoms with Gasteiger partial charge in [-0.2, -0.15) is 0 Å². The second-order valence-electron chi connectivity index (χ2n) is 5.92. The Bertz CT molecular complexity index is 965. The Morgan fingerprint density at radius 2 is 1.67 bits per heavy atom. The summed E-state index contributed by atoms with van der Waals surface area (Å²) in [7, 11) is 0. The lowest BCUT2D eigenvalue weighted by Crippen LogP contribution is -2.12. The Balaban J connectivity index is 1.75. The Labute approximate surface area is 149 Å². The molecule has 5 heteroatoms. The summed E-state index contributed by atoms with van der Waals surface area (Å²) in [6.07, 6.45) is 2.06. The molecule has 24 heavy (non-hydrogen) atoms. The van der Waals surface area contributed by atoms with Gasteiger partial charge in [-0.3, -0.25) is 4.79 Å². The molecule has 0 aliphatic heterocycles. The zero-order chi connectivity index (χ0) is 16.8. The molecule has 3 aromatic rings. The molecule has 3 nitrogen and oxygen atoms in total. The fraction of sp³-hybridized carbons (Fsp3) is 0.105. The normalized spacial score (nSPS) is 12.6. The van der Waals surface area contributed by atoms with Gasteiger partial charge in [0.25, 0.3) is 5.91 Å². The second kappa shape index (κ2) is 5.69. The highest BCUT2D eigenvalue weighted by molar-refractivity contribution is 6.39. The van der Waals surface area contributed by atoms with E-state index in [1.54, 1.807) is 12.1 Å². The van der Waals surface area contributed by atoms with Gasteiger partial charge in [0.2, 0.25) is 0 Å². The van der Waals surface area contributed by atoms with Crippen molar-refractivity contribution in [3.8, 4) is 0 Å². The van der Waals surface area contributed by atoms with Gasteiger partial charge in [0.15, 0.2) is 0 Å². The van der Waals surface area contributed by atoms with Crippen LogP contribution < -0.4 is 11.1 Å². The Hall–Kier alpha value is -2.23. The summed E-state index contributed by atoms with van der Waals surface area (Å²) in [6.45, 7) is 0. The highest BCUT2D eigenvalue weighted by Crippen LogP contribution is 2.34. The number of rotatable bonds is 2. The van der Waals surface area contributed by atoms with Crippen molar-refractivity contribution < 1.29 is 4.79 Å². The third-order valence-electron chi connectivity index (χ3n) is 4.46. The Morgan fingerprint density at radius 3 is 2.38 bits per heavy atom. The summed E-state index contributed by atoms with van der Waals surface area (Å²) in [6, 6.07) is 13.2. The van der Waals surface area contributed by atoms with Crippen LogP contribution in [0.1, 0.15) is 21.5 Å². The van der Waals surface area contributed by atoms with Crippen molar-refractivity contribution >= 4 is 51.3 Å². The van der Waals surface area contributed by atoms with Crippen molar-refractivity contribution in [3.05, 3.63) is 69.2 Å². The monoisotopic (exact) mass is 356 g/mol. The molecule has 0 heterocycles. The van der Waals surface area contributed by atoms with Crippen molar-refractivity contribution in [2.45, 2.75) is 12.8 Å². The first-order valence-electron chi connectivity index (χ1n) is 7.64. The highest BCUT2D eigenvalue weighted by atomic mass is 35.5. The third-order valence-corrected chi connectivity index (χ3v) is 5.08. The van der Waals surface area contributed by atoms with Crippen LogP contribution in [0.4, 0.5) is 11.4 Å². The summed E-state index contributed by atoms with van der Waals surface area (Å²) in [5.74, 6) is -0.192. The van der Waals surface area contributed by atoms with Gasteiger partial charge in [-0.1, -0.05) is 47.5 Å². The summed E-state index contributed by atoms with van der Waals surface area (Å²) >= 11 is 12.1. The van der Waals surface area contributed by atoms with E-state index < -0.39 is 0 Å². The first-order valence-corrected chi connectivity index (χ1v) is 8.39. The zero-order valence-corrected chi connectivity index (χ0v) is 14.2. The largest absolute Gasteiger partial charge is 0.396 e. The van der Waals surface area contributed by atoms with Crippen LogP contribution in [0, 0.1) is 0 Å². The predicted octanol–water partition coefficient (Wildman–Crippen LogP) is 5.08. The molecule has 0 fully saturated rings. The van der Waals surface area contributed by atoms with E-state index in [0.29, 0.717) is 27.0 Å². The molecular weight excluding hydrogens is 343 g/mol. The summed E-state index contributed by atoms with van der Waals surface area (Å²) < 4.78 is 0. The first kappa shape index (κ1) is 15.3. The Kier molecular flexibility index (Phi) is 3.63. The van der Waals surface area contributed by atoms with Gasteiger partial charge in [0.05, 0.1) is 15.7 Å². The van der Waals surface area contributed by atoms with Crippen LogP contribution in [-0.4, -0.2) is 5.91 Å². The predicted molar refractivity (Wildman–Crippen MR) is 100 cm³/mol. The van der Waals surface area contributed by atoms with Gasteiger partial charge in [-0.05, 0) is 52.9 Å². The van der Waals surface area contributed by atoms with E-state index in [1.165, 1.54) is 16.5 Å². The van der Waals surface area contributed by atoms with Crippen molar-refractivity contribution in [1.29, 1.82) is 0 Å². The maximum absolute atomic E-state index is 12.8. The molecule has 1 aliphatic carbocycles. The quantitative estimate of drug-likeness (QED) is 0.629. The number of nitrogens with two attached hydrogens (primary N) is 1. The van der Waals surface area contributed by atoms with Crippen molar-refractivity contribution in [1.82, 2.24) is 0 Å². The van der Waals surface area contributed by atoms with E-state index in [1.807, 2.05) is 24.3 Å². The second-order valence-corrected chi connectivity index (χ2v) is 6.73. The first-order chi connectivity index (χ1) is 11.5. The number of carbonyl (C=O) groups excluding carboxylic acids is 1. The maximum Gasteiger partial charge on any atom is 0.256 e. The molecule has 1 aliphatic rings. The van der Waals surface area contributed by atoms with E-state index >= 15 is 0 Å². The number of carbonyl (C=O) groups is 1. The molecule has 0 atom stereocenters. The number of aryl methyl sites for hydroxylation is 2. The molecule has 0 spiro atoms. The molecular formula is C19H14Cl2N2O. The van der Waals surface area contributed by atoms with Crippen LogP contribution >= 0.6 is 23.2 Å². The molecule has 0 saturated carbocycles. The standard InChI is InChI=1S/C19H14Cl2N2O/c20-15-8-12(9-16(21)18(15)22)23-19(24)14-7-6-11-5-4-10-2-1-3-13(14)17(10)11/h1-3,6-9H,4-5,22H2,(H,23,24). The number of nitrogens with one attached hydrogen (secondary N) is 1. The number of anilines is 2. The number of benzene rings is 3. The van der Waals surface area contributed by atoms with E-state index in [-0.39, 0.29) is 5.91 Å². The van der Waals surface area contributed by atoms with Crippen molar-refractivity contribution in [2.24, 2.45) is 0 Å². The number of amides is 1. The lowest BCUT2D eigenvalue weighted by atomic mass is 9.99. The molecule has 120 valence electrons. The number of hydrogen-bond acceptors (Lipinski definition) is 2. The molecule has 1 amide bonds. The van der Waals surface area contributed by atoms with Crippen LogP contribution in [0.15, 0.2) is 42.5 Å². The summed E-state index contributed by atoms with van der Waals surface area (Å²) in [4.78, 5) is 12.8. The summed E-state index contributed by atoms with van der Waals surface area (Å²) in [5, 5.41) is 5.68. The molecule has 0 aromatic heterocycles. The van der Waals surface area contributed by atoms with Crippen LogP contribution in [0.2, 0.25) is 10.0 Å². The van der Waals surface area contributed by atoms with Gasteiger partial charge in [0, 0.05) is 11.3 Å². The van der Waals surface area contributed by atoms with E-state index in [2.05, 4.69) is 11.4 Å². The highest BCUT2D eigenvalue weighted by Gasteiger charge is 2.19. The molecule has 0 unspecified atom stereocenters.